The molecule has 0 bridgehead atoms. The smallest absolute Gasteiger partial charge is 0.267 e. The minimum absolute atomic E-state index is 0.0634. The van der Waals surface area contributed by atoms with Crippen molar-refractivity contribution in [1.82, 2.24) is 9.55 Å². The minimum Gasteiger partial charge on any atom is -0.494 e. The number of rotatable bonds is 9. The highest BCUT2D eigenvalue weighted by atomic mass is 32.2. The summed E-state index contributed by atoms with van der Waals surface area (Å²) in [6, 6.07) is 19.9. The standard InChI is InChI=1S/C35H34N4O4S2/c1-4-43-26-16-14-25(15-17-26)37-32(41)23-10-12-24(13-11-23)36-30(40)20-44-35-38-33-31(27-7-5-6-8-29(27)45-33)34(42)39(35)28-18-9-21(2)19-22(28)3/h9-19H,4-8,20H2,1-3H3,(H,36,40)(H,37,41). The van der Waals surface area contributed by atoms with E-state index in [1.165, 1.54) is 16.6 Å². The Balaban J connectivity index is 1.17. The molecule has 0 unspecified atom stereocenters. The lowest BCUT2D eigenvalue weighted by molar-refractivity contribution is -0.113. The minimum atomic E-state index is -0.256. The van der Waals surface area contributed by atoms with Gasteiger partial charge in [0.2, 0.25) is 5.91 Å². The summed E-state index contributed by atoms with van der Waals surface area (Å²) < 4.78 is 7.12. The predicted octanol–water partition coefficient (Wildman–Crippen LogP) is 7.32. The number of anilines is 2. The van der Waals surface area contributed by atoms with Crippen LogP contribution in [0.2, 0.25) is 0 Å². The molecule has 0 saturated carbocycles. The van der Waals surface area contributed by atoms with Gasteiger partial charge in [0.05, 0.1) is 23.4 Å². The summed E-state index contributed by atoms with van der Waals surface area (Å²) in [6.07, 6.45) is 4.08. The van der Waals surface area contributed by atoms with Crippen molar-refractivity contribution in [1.29, 1.82) is 0 Å². The summed E-state index contributed by atoms with van der Waals surface area (Å²) in [4.78, 5) is 46.8. The molecule has 45 heavy (non-hydrogen) atoms. The average Bonchev–Trinajstić information content (AvgIpc) is 3.41. The molecule has 230 valence electrons. The van der Waals surface area contributed by atoms with Crippen LogP contribution in [0.4, 0.5) is 11.4 Å². The summed E-state index contributed by atoms with van der Waals surface area (Å²) >= 11 is 2.85. The molecule has 0 radical (unpaired) electrons. The van der Waals surface area contributed by atoms with Crippen molar-refractivity contribution in [2.75, 3.05) is 23.0 Å². The number of carbonyl (C=O) groups is 2. The van der Waals surface area contributed by atoms with Gasteiger partial charge in [0.25, 0.3) is 11.5 Å². The summed E-state index contributed by atoms with van der Waals surface area (Å²) in [5, 5.41) is 6.98. The monoisotopic (exact) mass is 638 g/mol. The van der Waals surface area contributed by atoms with Crippen molar-refractivity contribution in [2.45, 2.75) is 51.6 Å². The second kappa shape index (κ2) is 13.3. The summed E-state index contributed by atoms with van der Waals surface area (Å²) in [7, 11) is 0. The second-order valence-corrected chi connectivity index (χ2v) is 13.1. The van der Waals surface area contributed by atoms with Crippen molar-refractivity contribution >= 4 is 56.5 Å². The van der Waals surface area contributed by atoms with Crippen molar-refractivity contribution in [3.63, 3.8) is 0 Å². The number of thioether (sulfide) groups is 1. The van der Waals surface area contributed by atoms with Crippen molar-refractivity contribution in [3.8, 4) is 11.4 Å². The molecule has 0 aliphatic heterocycles. The number of nitrogens with one attached hydrogen (secondary N) is 2. The number of thiophene rings is 1. The van der Waals surface area contributed by atoms with E-state index in [0.717, 1.165) is 64.0 Å². The van der Waals surface area contributed by atoms with Crippen molar-refractivity contribution in [2.24, 2.45) is 0 Å². The van der Waals surface area contributed by atoms with E-state index in [1.807, 2.05) is 32.9 Å². The molecular formula is C35H34N4O4S2. The summed E-state index contributed by atoms with van der Waals surface area (Å²) in [5.41, 5.74) is 5.62. The number of hydrogen-bond donors (Lipinski definition) is 2. The molecule has 2 heterocycles. The molecule has 6 rings (SSSR count). The third-order valence-corrected chi connectivity index (χ3v) is 9.86. The summed E-state index contributed by atoms with van der Waals surface area (Å²) in [5.74, 6) is 0.310. The number of aromatic nitrogens is 2. The van der Waals surface area contributed by atoms with Gasteiger partial charge in [-0.2, -0.15) is 0 Å². The first kappa shape index (κ1) is 30.6. The van der Waals surface area contributed by atoms with Gasteiger partial charge < -0.3 is 15.4 Å². The molecule has 2 aromatic heterocycles. The Morgan fingerprint density at radius 1 is 0.956 bits per heavy atom. The average molecular weight is 639 g/mol. The van der Waals surface area contributed by atoms with Crippen LogP contribution in [0.3, 0.4) is 0 Å². The van der Waals surface area contributed by atoms with Gasteiger partial charge in [0.1, 0.15) is 10.6 Å². The first-order valence-electron chi connectivity index (χ1n) is 15.0. The molecule has 0 fully saturated rings. The number of nitrogens with zero attached hydrogens (tertiary/aromatic N) is 2. The maximum Gasteiger partial charge on any atom is 0.267 e. The molecule has 10 heteroatoms. The Bertz CT molecular complexity index is 1950. The Morgan fingerprint density at radius 3 is 2.40 bits per heavy atom. The quantitative estimate of drug-likeness (QED) is 0.130. The van der Waals surface area contributed by atoms with E-state index in [0.29, 0.717) is 28.7 Å². The van der Waals surface area contributed by atoms with Crippen LogP contribution in [0.15, 0.2) is 76.7 Å². The van der Waals surface area contributed by atoms with Gasteiger partial charge in [0, 0.05) is 21.8 Å². The molecule has 0 atom stereocenters. The van der Waals surface area contributed by atoms with Gasteiger partial charge in [-0.05, 0) is 112 Å². The third kappa shape index (κ3) is 6.67. The van der Waals surface area contributed by atoms with Crippen molar-refractivity contribution in [3.05, 3.63) is 104 Å². The van der Waals surface area contributed by atoms with Crippen molar-refractivity contribution < 1.29 is 14.3 Å². The fraction of sp³-hybridized carbons (Fsp3) is 0.257. The molecule has 3 aromatic carbocycles. The lowest BCUT2D eigenvalue weighted by atomic mass is 9.97. The first-order valence-corrected chi connectivity index (χ1v) is 16.8. The van der Waals surface area contributed by atoms with Gasteiger partial charge in [-0.1, -0.05) is 29.5 Å². The maximum absolute atomic E-state index is 14.1. The highest BCUT2D eigenvalue weighted by Crippen LogP contribution is 2.35. The maximum atomic E-state index is 14.1. The SMILES string of the molecule is CCOc1ccc(NC(=O)c2ccc(NC(=O)CSc3nc4sc5c(c4c(=O)n3-c3ccc(C)cc3C)CCCC5)cc2)cc1. The lowest BCUT2D eigenvalue weighted by Crippen LogP contribution is -2.24. The van der Waals surface area contributed by atoms with E-state index in [2.05, 4.69) is 16.7 Å². The van der Waals surface area contributed by atoms with E-state index in [1.54, 1.807) is 64.4 Å². The Hall–Kier alpha value is -4.41. The molecule has 2 N–H and O–H groups in total. The third-order valence-electron chi connectivity index (χ3n) is 7.74. The fourth-order valence-electron chi connectivity index (χ4n) is 5.59. The second-order valence-electron chi connectivity index (χ2n) is 11.0. The number of hydrogen-bond acceptors (Lipinski definition) is 7. The van der Waals surface area contributed by atoms with E-state index in [9.17, 15) is 14.4 Å². The van der Waals surface area contributed by atoms with Gasteiger partial charge >= 0.3 is 0 Å². The molecule has 1 aliphatic rings. The Kier molecular flexibility index (Phi) is 9.04. The van der Waals surface area contributed by atoms with Crippen LogP contribution in [-0.4, -0.2) is 33.7 Å². The number of amides is 2. The molecule has 0 spiro atoms. The van der Waals surface area contributed by atoms with Gasteiger partial charge in [-0.3, -0.25) is 19.0 Å². The lowest BCUT2D eigenvalue weighted by Gasteiger charge is -2.16. The van der Waals surface area contributed by atoms with Crippen LogP contribution >= 0.6 is 23.1 Å². The fourth-order valence-corrected chi connectivity index (χ4v) is 7.70. The Labute approximate surface area is 269 Å². The van der Waals surface area contributed by atoms with Crippen LogP contribution in [0.5, 0.6) is 5.75 Å². The number of ether oxygens (including phenoxy) is 1. The van der Waals surface area contributed by atoms with Crippen LogP contribution in [0, 0.1) is 13.8 Å². The highest BCUT2D eigenvalue weighted by Gasteiger charge is 2.24. The predicted molar refractivity (Wildman–Crippen MR) is 183 cm³/mol. The van der Waals surface area contributed by atoms with E-state index in [4.69, 9.17) is 9.72 Å². The first-order chi connectivity index (χ1) is 21.8. The van der Waals surface area contributed by atoms with Gasteiger partial charge in [0.15, 0.2) is 5.16 Å². The number of carbonyl (C=O) groups excluding carboxylic acids is 2. The van der Waals surface area contributed by atoms with E-state index < -0.39 is 0 Å². The molecule has 2 amide bonds. The van der Waals surface area contributed by atoms with Gasteiger partial charge in [-0.25, -0.2) is 4.98 Å². The van der Waals surface area contributed by atoms with Crippen LogP contribution < -0.4 is 20.9 Å². The zero-order valence-electron chi connectivity index (χ0n) is 25.4. The Morgan fingerprint density at radius 2 is 1.67 bits per heavy atom. The van der Waals surface area contributed by atoms with E-state index >= 15 is 0 Å². The zero-order valence-corrected chi connectivity index (χ0v) is 27.1. The van der Waals surface area contributed by atoms with Crippen LogP contribution in [-0.2, 0) is 17.6 Å². The largest absolute Gasteiger partial charge is 0.494 e. The van der Waals surface area contributed by atoms with E-state index in [-0.39, 0.29) is 23.1 Å². The molecule has 8 nitrogen and oxygen atoms in total. The number of benzene rings is 3. The summed E-state index contributed by atoms with van der Waals surface area (Å²) in [6.45, 7) is 6.51. The highest BCUT2D eigenvalue weighted by molar-refractivity contribution is 7.99. The number of aryl methyl sites for hydroxylation is 4. The number of fused-ring (bicyclic) bond motifs is 3. The normalized spacial score (nSPS) is 12.5. The molecule has 0 saturated heterocycles. The molecule has 5 aromatic rings. The molecular weight excluding hydrogens is 605 g/mol. The topological polar surface area (TPSA) is 102 Å². The van der Waals surface area contributed by atoms with Crippen LogP contribution in [0.25, 0.3) is 15.9 Å². The van der Waals surface area contributed by atoms with Gasteiger partial charge in [-0.15, -0.1) is 11.3 Å². The van der Waals surface area contributed by atoms with Crippen LogP contribution in [0.1, 0.15) is 51.7 Å². The molecule has 1 aliphatic carbocycles. The zero-order chi connectivity index (χ0) is 31.5.